The molecule has 3 saturated carbocycles. The number of hydrogen-bond acceptors (Lipinski definition) is 1. The van der Waals surface area contributed by atoms with E-state index in [2.05, 4.69) is 0 Å². The van der Waals surface area contributed by atoms with Gasteiger partial charge in [0.15, 0.2) is 0 Å². The lowest BCUT2D eigenvalue weighted by molar-refractivity contribution is 0.418. The van der Waals surface area contributed by atoms with Gasteiger partial charge in [0.2, 0.25) is 0 Å². The molecule has 0 heterocycles. The molecule has 0 saturated heterocycles. The average molecular weight is 282 g/mol. The van der Waals surface area contributed by atoms with Crippen molar-refractivity contribution in [3.05, 3.63) is 33.8 Å². The SMILES string of the molecule is NC(c1cccc(Cl)c1Cl)C1C2C3CCC(C3)C21. The van der Waals surface area contributed by atoms with Crippen LogP contribution in [0.1, 0.15) is 30.9 Å². The second kappa shape index (κ2) is 3.88. The van der Waals surface area contributed by atoms with Crippen molar-refractivity contribution in [3.63, 3.8) is 0 Å². The molecular formula is C15H17Cl2N. The molecule has 0 aromatic heterocycles. The molecule has 5 unspecified atom stereocenters. The van der Waals surface area contributed by atoms with Crippen molar-refractivity contribution in [3.8, 4) is 0 Å². The van der Waals surface area contributed by atoms with Crippen molar-refractivity contribution >= 4 is 23.2 Å². The summed E-state index contributed by atoms with van der Waals surface area (Å²) in [6.45, 7) is 0. The van der Waals surface area contributed by atoms with Gasteiger partial charge in [-0.2, -0.15) is 0 Å². The van der Waals surface area contributed by atoms with Crippen molar-refractivity contribution in [2.45, 2.75) is 25.3 Å². The maximum atomic E-state index is 6.47. The highest BCUT2D eigenvalue weighted by Crippen LogP contribution is 2.72. The Morgan fingerprint density at radius 3 is 2.44 bits per heavy atom. The van der Waals surface area contributed by atoms with Crippen LogP contribution in [0.5, 0.6) is 0 Å². The van der Waals surface area contributed by atoms with Crippen LogP contribution < -0.4 is 5.73 Å². The maximum Gasteiger partial charge on any atom is 0.0640 e. The van der Waals surface area contributed by atoms with Crippen LogP contribution in [0.25, 0.3) is 0 Å². The van der Waals surface area contributed by atoms with Gasteiger partial charge in [0.05, 0.1) is 10.0 Å². The van der Waals surface area contributed by atoms with Crippen LogP contribution in [0.15, 0.2) is 18.2 Å². The fourth-order valence-corrected chi connectivity index (χ4v) is 5.29. The minimum atomic E-state index is 0.0783. The largest absolute Gasteiger partial charge is 0.324 e. The lowest BCUT2D eigenvalue weighted by atomic mass is 9.93. The van der Waals surface area contributed by atoms with Crippen LogP contribution in [-0.4, -0.2) is 0 Å². The first-order chi connectivity index (χ1) is 8.68. The van der Waals surface area contributed by atoms with Gasteiger partial charge in [-0.05, 0) is 60.5 Å². The van der Waals surface area contributed by atoms with Gasteiger partial charge in [0, 0.05) is 6.04 Å². The van der Waals surface area contributed by atoms with Crippen molar-refractivity contribution in [2.75, 3.05) is 0 Å². The summed E-state index contributed by atoms with van der Waals surface area (Å²) in [6, 6.07) is 5.90. The summed E-state index contributed by atoms with van der Waals surface area (Å²) < 4.78 is 0. The van der Waals surface area contributed by atoms with Crippen LogP contribution in [0.2, 0.25) is 10.0 Å². The van der Waals surface area contributed by atoms with Crippen molar-refractivity contribution in [2.24, 2.45) is 35.3 Å². The number of fused-ring (bicyclic) bond motifs is 5. The highest BCUT2D eigenvalue weighted by atomic mass is 35.5. The molecule has 3 aliphatic rings. The van der Waals surface area contributed by atoms with E-state index >= 15 is 0 Å². The van der Waals surface area contributed by atoms with E-state index in [-0.39, 0.29) is 6.04 Å². The number of rotatable bonds is 2. The van der Waals surface area contributed by atoms with Gasteiger partial charge in [0.25, 0.3) is 0 Å². The lowest BCUT2D eigenvalue weighted by Crippen LogP contribution is -2.18. The monoisotopic (exact) mass is 281 g/mol. The molecule has 5 atom stereocenters. The summed E-state index contributed by atoms with van der Waals surface area (Å²) in [5, 5.41) is 1.28. The fraction of sp³-hybridized carbons (Fsp3) is 0.600. The van der Waals surface area contributed by atoms with Gasteiger partial charge in [0.1, 0.15) is 0 Å². The summed E-state index contributed by atoms with van der Waals surface area (Å²) in [4.78, 5) is 0. The quantitative estimate of drug-likeness (QED) is 0.860. The first-order valence-corrected chi connectivity index (χ1v) is 7.63. The van der Waals surface area contributed by atoms with Crippen LogP contribution in [0, 0.1) is 29.6 Å². The summed E-state index contributed by atoms with van der Waals surface area (Å²) >= 11 is 12.4. The third-order valence-electron chi connectivity index (χ3n) is 5.55. The molecule has 1 aromatic carbocycles. The molecule has 1 nitrogen and oxygen atoms in total. The molecule has 96 valence electrons. The number of benzene rings is 1. The Morgan fingerprint density at radius 2 is 1.78 bits per heavy atom. The van der Waals surface area contributed by atoms with Crippen LogP contribution in [-0.2, 0) is 0 Å². The molecule has 2 bridgehead atoms. The maximum absolute atomic E-state index is 6.47. The fourth-order valence-electron chi connectivity index (χ4n) is 4.86. The standard InChI is InChI=1S/C15H17Cl2N/c16-10-3-1-2-9(14(10)17)15(18)13-11-7-4-5-8(6-7)12(11)13/h1-3,7-8,11-13,15H,4-6,18H2. The van der Waals surface area contributed by atoms with Crippen molar-refractivity contribution in [1.82, 2.24) is 0 Å². The lowest BCUT2D eigenvalue weighted by Gasteiger charge is -2.18. The van der Waals surface area contributed by atoms with Crippen LogP contribution >= 0.6 is 23.2 Å². The number of nitrogens with two attached hydrogens (primary N) is 1. The van der Waals surface area contributed by atoms with Gasteiger partial charge in [-0.15, -0.1) is 0 Å². The Labute approximate surface area is 118 Å². The summed E-state index contributed by atoms with van der Waals surface area (Å²) in [6.07, 6.45) is 4.32. The number of halogens is 2. The first kappa shape index (κ1) is 11.6. The van der Waals surface area contributed by atoms with E-state index < -0.39 is 0 Å². The summed E-state index contributed by atoms with van der Waals surface area (Å²) in [5.41, 5.74) is 7.51. The molecule has 0 radical (unpaired) electrons. The first-order valence-electron chi connectivity index (χ1n) is 6.88. The Morgan fingerprint density at radius 1 is 1.11 bits per heavy atom. The Bertz CT molecular complexity index is 485. The number of hydrogen-bond donors (Lipinski definition) is 1. The Hall–Kier alpha value is -0.240. The van der Waals surface area contributed by atoms with Crippen LogP contribution in [0.4, 0.5) is 0 Å². The van der Waals surface area contributed by atoms with E-state index in [1.807, 2.05) is 18.2 Å². The van der Waals surface area contributed by atoms with E-state index in [9.17, 15) is 0 Å². The van der Waals surface area contributed by atoms with Gasteiger partial charge in [-0.3, -0.25) is 0 Å². The summed E-state index contributed by atoms with van der Waals surface area (Å²) in [5.74, 6) is 4.33. The molecule has 0 spiro atoms. The second-order valence-corrected chi connectivity index (χ2v) is 7.02. The van der Waals surface area contributed by atoms with E-state index in [0.29, 0.717) is 16.0 Å². The summed E-state index contributed by atoms with van der Waals surface area (Å²) in [7, 11) is 0. The van der Waals surface area contributed by atoms with E-state index in [4.69, 9.17) is 28.9 Å². The Balaban J connectivity index is 1.62. The average Bonchev–Trinajstić information content (AvgIpc) is 2.80. The van der Waals surface area contributed by atoms with Gasteiger partial charge in [-0.25, -0.2) is 0 Å². The molecule has 1 aromatic rings. The molecule has 4 rings (SSSR count). The highest BCUT2D eigenvalue weighted by molar-refractivity contribution is 6.42. The zero-order chi connectivity index (χ0) is 12.4. The minimum absolute atomic E-state index is 0.0783. The topological polar surface area (TPSA) is 26.0 Å². The van der Waals surface area contributed by atoms with Gasteiger partial charge >= 0.3 is 0 Å². The van der Waals surface area contributed by atoms with Crippen molar-refractivity contribution in [1.29, 1.82) is 0 Å². The molecule has 0 aliphatic heterocycles. The minimum Gasteiger partial charge on any atom is -0.324 e. The van der Waals surface area contributed by atoms with Crippen molar-refractivity contribution < 1.29 is 0 Å². The van der Waals surface area contributed by atoms with Gasteiger partial charge in [-0.1, -0.05) is 35.3 Å². The zero-order valence-corrected chi connectivity index (χ0v) is 11.7. The predicted molar refractivity (Wildman–Crippen MR) is 74.7 cm³/mol. The molecule has 18 heavy (non-hydrogen) atoms. The third kappa shape index (κ3) is 1.44. The molecule has 2 N–H and O–H groups in total. The third-order valence-corrected chi connectivity index (χ3v) is 6.38. The van der Waals surface area contributed by atoms with E-state index in [0.717, 1.165) is 29.2 Å². The highest BCUT2D eigenvalue weighted by Gasteiger charge is 2.66. The Kier molecular flexibility index (Phi) is 2.49. The molecule has 0 amide bonds. The zero-order valence-electron chi connectivity index (χ0n) is 10.2. The van der Waals surface area contributed by atoms with E-state index in [1.54, 1.807) is 0 Å². The molecule has 3 heteroatoms. The van der Waals surface area contributed by atoms with Gasteiger partial charge < -0.3 is 5.73 Å². The second-order valence-electron chi connectivity index (χ2n) is 6.23. The van der Waals surface area contributed by atoms with E-state index in [1.165, 1.54) is 19.3 Å². The molecule has 3 aliphatic carbocycles. The molecular weight excluding hydrogens is 265 g/mol. The smallest absolute Gasteiger partial charge is 0.0640 e. The van der Waals surface area contributed by atoms with Crippen LogP contribution in [0.3, 0.4) is 0 Å². The molecule has 3 fully saturated rings. The predicted octanol–water partition coefficient (Wildman–Crippen LogP) is 4.29. The normalized spacial score (nSPS) is 41.8.